The second kappa shape index (κ2) is 6.79. The first-order chi connectivity index (χ1) is 13.1. The van der Waals surface area contributed by atoms with Crippen LogP contribution in [0.1, 0.15) is 24.2 Å². The topological polar surface area (TPSA) is 83.7 Å². The Hall–Kier alpha value is -3.29. The summed E-state index contributed by atoms with van der Waals surface area (Å²) in [6, 6.07) is 6.92. The van der Waals surface area contributed by atoms with Crippen LogP contribution in [0.15, 0.2) is 43.0 Å². The highest BCUT2D eigenvalue weighted by Gasteiger charge is 2.33. The Morgan fingerprint density at radius 3 is 2.93 bits per heavy atom. The van der Waals surface area contributed by atoms with Gasteiger partial charge in [0, 0.05) is 43.2 Å². The lowest BCUT2D eigenvalue weighted by Gasteiger charge is -2.38. The molecule has 0 N–H and O–H groups in total. The molecule has 1 aromatic carbocycles. The minimum Gasteiger partial charge on any atom is -0.339 e. The van der Waals surface area contributed by atoms with Crippen molar-refractivity contribution in [1.29, 1.82) is 0 Å². The number of aromatic nitrogens is 4. The number of benzene rings is 1. The highest BCUT2D eigenvalue weighted by atomic mass is 16.2. The fourth-order valence-electron chi connectivity index (χ4n) is 3.40. The van der Waals surface area contributed by atoms with Crippen molar-refractivity contribution in [3.05, 3.63) is 48.5 Å². The quantitative estimate of drug-likeness (QED) is 0.703. The zero-order valence-electron chi connectivity index (χ0n) is 15.2. The van der Waals surface area contributed by atoms with Crippen LogP contribution >= 0.6 is 0 Å². The molecule has 1 atom stereocenters. The second-order valence-electron chi connectivity index (χ2n) is 6.55. The molecular formula is C19H20N6O2. The zero-order chi connectivity index (χ0) is 19.0. The van der Waals surface area contributed by atoms with Crippen LogP contribution in [0.25, 0.3) is 16.9 Å². The Kier molecular flexibility index (Phi) is 4.31. The molecule has 3 aromatic rings. The van der Waals surface area contributed by atoms with Crippen molar-refractivity contribution in [2.75, 3.05) is 19.6 Å². The third-order valence-corrected chi connectivity index (χ3v) is 4.98. The summed E-state index contributed by atoms with van der Waals surface area (Å²) < 4.78 is 1.73. The average Bonchev–Trinajstić information content (AvgIpc) is 3.17. The van der Waals surface area contributed by atoms with Crippen molar-refractivity contribution in [2.45, 2.75) is 19.9 Å². The molecule has 1 fully saturated rings. The molecule has 4 rings (SSSR count). The molecule has 0 aliphatic carbocycles. The van der Waals surface area contributed by atoms with Gasteiger partial charge >= 0.3 is 0 Å². The zero-order valence-corrected chi connectivity index (χ0v) is 15.2. The van der Waals surface area contributed by atoms with Crippen molar-refractivity contribution in [3.8, 4) is 11.1 Å². The third kappa shape index (κ3) is 3.03. The summed E-state index contributed by atoms with van der Waals surface area (Å²) in [4.78, 5) is 33.1. The normalized spacial score (nSPS) is 17.6. The number of amides is 2. The van der Waals surface area contributed by atoms with Gasteiger partial charge < -0.3 is 9.80 Å². The van der Waals surface area contributed by atoms with Gasteiger partial charge in [0.1, 0.15) is 12.4 Å². The van der Waals surface area contributed by atoms with Gasteiger partial charge in [0.15, 0.2) is 0 Å². The number of nitrogens with zero attached hydrogens (tertiary/aromatic N) is 6. The fraction of sp³-hybridized carbons (Fsp3) is 0.316. The molecule has 2 amide bonds. The Bertz CT molecular complexity index is 1010. The number of rotatable bonds is 3. The highest BCUT2D eigenvalue weighted by Crippen LogP contribution is 2.22. The van der Waals surface area contributed by atoms with E-state index in [1.54, 1.807) is 39.7 Å². The van der Waals surface area contributed by atoms with E-state index in [-0.39, 0.29) is 11.8 Å². The van der Waals surface area contributed by atoms with Crippen LogP contribution < -0.4 is 0 Å². The average molecular weight is 364 g/mol. The third-order valence-electron chi connectivity index (χ3n) is 4.98. The lowest BCUT2D eigenvalue weighted by atomic mass is 10.0. The van der Waals surface area contributed by atoms with Crippen molar-refractivity contribution in [3.63, 3.8) is 0 Å². The number of carbonyl (C=O) groups is 2. The fourth-order valence-corrected chi connectivity index (χ4v) is 3.40. The van der Waals surface area contributed by atoms with Crippen LogP contribution in [0, 0.1) is 0 Å². The number of hydrogen-bond acceptors (Lipinski definition) is 5. The van der Waals surface area contributed by atoms with E-state index in [0.29, 0.717) is 31.0 Å². The van der Waals surface area contributed by atoms with E-state index in [2.05, 4.69) is 15.2 Å². The largest absolute Gasteiger partial charge is 0.339 e. The van der Waals surface area contributed by atoms with Gasteiger partial charge in [-0.25, -0.2) is 4.98 Å². The summed E-state index contributed by atoms with van der Waals surface area (Å²) in [7, 11) is 0. The molecule has 0 unspecified atom stereocenters. The Labute approximate surface area is 156 Å². The van der Waals surface area contributed by atoms with E-state index in [1.165, 1.54) is 0 Å². The maximum atomic E-state index is 13.0. The van der Waals surface area contributed by atoms with Crippen LogP contribution in [-0.4, -0.2) is 66.9 Å². The van der Waals surface area contributed by atoms with Gasteiger partial charge in [-0.3, -0.25) is 14.0 Å². The van der Waals surface area contributed by atoms with Crippen LogP contribution in [0.2, 0.25) is 0 Å². The molecule has 2 aromatic heterocycles. The van der Waals surface area contributed by atoms with Crippen molar-refractivity contribution < 1.29 is 9.59 Å². The molecule has 1 saturated heterocycles. The van der Waals surface area contributed by atoms with E-state index in [1.807, 2.05) is 31.3 Å². The van der Waals surface area contributed by atoms with Crippen LogP contribution in [0.3, 0.4) is 0 Å². The summed E-state index contributed by atoms with van der Waals surface area (Å²) in [5.41, 5.74) is 2.29. The standard InChI is InChI=1S/C19H20N6O2/c1-3-23-7-8-25(13(2)17(23)26)18(27)15-6-4-5-14(9-15)16-10-20-19-22-21-12-24(19)11-16/h4-6,9-13H,3,7-8H2,1-2H3/t13-/m1/s1. The lowest BCUT2D eigenvalue weighted by Crippen LogP contribution is -2.57. The van der Waals surface area contributed by atoms with Crippen LogP contribution in [0.4, 0.5) is 0 Å². The molecule has 0 bridgehead atoms. The van der Waals surface area contributed by atoms with Gasteiger partial charge in [-0.2, -0.15) is 0 Å². The van der Waals surface area contributed by atoms with E-state index < -0.39 is 6.04 Å². The van der Waals surface area contributed by atoms with Gasteiger partial charge in [0.25, 0.3) is 11.7 Å². The molecule has 0 saturated carbocycles. The Balaban J connectivity index is 1.62. The number of carbonyl (C=O) groups excluding carboxylic acids is 2. The molecule has 8 heteroatoms. The molecule has 3 heterocycles. The summed E-state index contributed by atoms with van der Waals surface area (Å²) in [6.07, 6.45) is 5.17. The molecule has 1 aliphatic rings. The smallest absolute Gasteiger partial charge is 0.254 e. The highest BCUT2D eigenvalue weighted by molar-refractivity contribution is 5.99. The predicted molar refractivity (Wildman–Crippen MR) is 99.0 cm³/mol. The number of likely N-dealkylation sites (N-methyl/N-ethyl adjacent to an activating group) is 1. The summed E-state index contributed by atoms with van der Waals surface area (Å²) in [5, 5.41) is 7.72. The van der Waals surface area contributed by atoms with Gasteiger partial charge in [-0.05, 0) is 31.5 Å². The van der Waals surface area contributed by atoms with Crippen LogP contribution in [-0.2, 0) is 4.79 Å². The summed E-state index contributed by atoms with van der Waals surface area (Å²) in [5.74, 6) is 0.384. The minimum absolute atomic E-state index is 0.00415. The molecular weight excluding hydrogens is 344 g/mol. The maximum absolute atomic E-state index is 13.0. The Morgan fingerprint density at radius 1 is 1.26 bits per heavy atom. The molecule has 1 aliphatic heterocycles. The summed E-state index contributed by atoms with van der Waals surface area (Å²) in [6.45, 7) is 5.51. The molecule has 0 spiro atoms. The first kappa shape index (κ1) is 17.1. The Morgan fingerprint density at radius 2 is 2.11 bits per heavy atom. The van der Waals surface area contributed by atoms with Gasteiger partial charge in [-0.15, -0.1) is 10.2 Å². The van der Waals surface area contributed by atoms with Gasteiger partial charge in [-0.1, -0.05) is 12.1 Å². The van der Waals surface area contributed by atoms with Crippen molar-refractivity contribution in [2.24, 2.45) is 0 Å². The second-order valence-corrected chi connectivity index (χ2v) is 6.55. The van der Waals surface area contributed by atoms with Gasteiger partial charge in [0.2, 0.25) is 5.91 Å². The van der Waals surface area contributed by atoms with E-state index in [0.717, 1.165) is 11.1 Å². The predicted octanol–water partition coefficient (Wildman–Crippen LogP) is 1.48. The van der Waals surface area contributed by atoms with Gasteiger partial charge in [0.05, 0.1) is 0 Å². The first-order valence-corrected chi connectivity index (χ1v) is 8.94. The minimum atomic E-state index is -0.454. The van der Waals surface area contributed by atoms with Crippen LogP contribution in [0.5, 0.6) is 0 Å². The first-order valence-electron chi connectivity index (χ1n) is 8.94. The van der Waals surface area contributed by atoms with Crippen molar-refractivity contribution in [1.82, 2.24) is 29.4 Å². The monoisotopic (exact) mass is 364 g/mol. The summed E-state index contributed by atoms with van der Waals surface area (Å²) >= 11 is 0. The molecule has 138 valence electrons. The van der Waals surface area contributed by atoms with E-state index in [4.69, 9.17) is 0 Å². The van der Waals surface area contributed by atoms with E-state index in [9.17, 15) is 9.59 Å². The number of piperazine rings is 1. The SMILES string of the molecule is CCN1CCN(C(=O)c2cccc(-c3cnc4nncn4c3)c2)[C@H](C)C1=O. The van der Waals surface area contributed by atoms with Crippen molar-refractivity contribution >= 4 is 17.6 Å². The maximum Gasteiger partial charge on any atom is 0.254 e. The number of fused-ring (bicyclic) bond motifs is 1. The molecule has 0 radical (unpaired) electrons. The molecule has 8 nitrogen and oxygen atoms in total. The number of hydrogen-bond donors (Lipinski definition) is 0. The van der Waals surface area contributed by atoms with E-state index >= 15 is 0 Å². The lowest BCUT2D eigenvalue weighted by molar-refractivity contribution is -0.139. The molecule has 27 heavy (non-hydrogen) atoms.